The third kappa shape index (κ3) is 2.96. The zero-order chi connectivity index (χ0) is 20.4. The fourth-order valence-electron chi connectivity index (χ4n) is 8.50. The lowest BCUT2D eigenvalue weighted by Crippen LogP contribution is -2.54. The first-order valence-corrected chi connectivity index (χ1v) is 11.9. The highest BCUT2D eigenvalue weighted by molar-refractivity contribution is 5.66. The number of fused-ring (bicyclic) bond motifs is 5. The van der Waals surface area contributed by atoms with Gasteiger partial charge in [0.15, 0.2) is 5.79 Å². The van der Waals surface area contributed by atoms with Crippen molar-refractivity contribution in [3.63, 3.8) is 0 Å². The van der Waals surface area contributed by atoms with Gasteiger partial charge in [0.1, 0.15) is 6.10 Å². The minimum atomic E-state index is -0.500. The Bertz CT molecular complexity index is 708. The Labute approximate surface area is 175 Å². The topological polar surface area (TPSA) is 44.8 Å². The molecule has 0 aromatic heterocycles. The Morgan fingerprint density at radius 3 is 2.52 bits per heavy atom. The quantitative estimate of drug-likeness (QED) is 0.467. The van der Waals surface area contributed by atoms with Gasteiger partial charge in [0.05, 0.1) is 13.2 Å². The lowest BCUT2D eigenvalue weighted by molar-refractivity contribution is -0.162. The van der Waals surface area contributed by atoms with E-state index < -0.39 is 5.79 Å². The van der Waals surface area contributed by atoms with E-state index in [0.717, 1.165) is 30.6 Å². The molecule has 0 aromatic rings. The molecule has 0 radical (unpaired) electrons. The Balaban J connectivity index is 1.36. The first-order chi connectivity index (χ1) is 13.8. The Morgan fingerprint density at radius 2 is 1.79 bits per heavy atom. The van der Waals surface area contributed by atoms with Gasteiger partial charge in [-0.3, -0.25) is 4.79 Å². The van der Waals surface area contributed by atoms with Crippen molar-refractivity contribution in [3.05, 3.63) is 11.6 Å². The van der Waals surface area contributed by atoms with Crippen LogP contribution in [0.1, 0.15) is 79.1 Å². The van der Waals surface area contributed by atoms with Crippen molar-refractivity contribution in [1.82, 2.24) is 0 Å². The molecule has 4 heteroatoms. The fraction of sp³-hybridized carbons (Fsp3) is 0.880. The first-order valence-electron chi connectivity index (χ1n) is 11.9. The molecule has 0 N–H and O–H groups in total. The summed E-state index contributed by atoms with van der Waals surface area (Å²) in [5.41, 5.74) is 2.06. The van der Waals surface area contributed by atoms with E-state index in [-0.39, 0.29) is 17.5 Å². The fourth-order valence-corrected chi connectivity index (χ4v) is 8.50. The van der Waals surface area contributed by atoms with Crippen LogP contribution in [0.4, 0.5) is 0 Å². The van der Waals surface area contributed by atoms with Crippen molar-refractivity contribution in [3.8, 4) is 0 Å². The highest BCUT2D eigenvalue weighted by atomic mass is 16.7. The van der Waals surface area contributed by atoms with Crippen LogP contribution < -0.4 is 0 Å². The number of hydrogen-bond acceptors (Lipinski definition) is 4. The van der Waals surface area contributed by atoms with E-state index in [1.54, 1.807) is 6.92 Å². The van der Waals surface area contributed by atoms with Crippen LogP contribution >= 0.6 is 0 Å². The Morgan fingerprint density at radius 1 is 1.03 bits per heavy atom. The molecular weight excluding hydrogens is 364 g/mol. The van der Waals surface area contributed by atoms with Crippen molar-refractivity contribution in [2.24, 2.45) is 34.5 Å². The van der Waals surface area contributed by atoms with Gasteiger partial charge in [0.2, 0.25) is 0 Å². The number of esters is 1. The molecule has 4 aliphatic carbocycles. The van der Waals surface area contributed by atoms with E-state index in [0.29, 0.717) is 24.5 Å². The molecule has 1 heterocycles. The monoisotopic (exact) mass is 402 g/mol. The first kappa shape index (κ1) is 20.1. The second-order valence-corrected chi connectivity index (χ2v) is 11.1. The molecular formula is C25H38O4. The minimum absolute atomic E-state index is 0.116. The molecule has 5 aliphatic rings. The summed E-state index contributed by atoms with van der Waals surface area (Å²) >= 11 is 0. The Hall–Kier alpha value is -0.870. The lowest BCUT2D eigenvalue weighted by Gasteiger charge is -2.61. The van der Waals surface area contributed by atoms with Crippen LogP contribution in [-0.4, -0.2) is 31.1 Å². The third-order valence-corrected chi connectivity index (χ3v) is 9.86. The van der Waals surface area contributed by atoms with Crippen molar-refractivity contribution in [2.45, 2.75) is 91.0 Å². The molecule has 0 aromatic carbocycles. The van der Waals surface area contributed by atoms with Crippen LogP contribution in [0.5, 0.6) is 0 Å². The molecule has 4 nitrogen and oxygen atoms in total. The zero-order valence-corrected chi connectivity index (χ0v) is 18.7. The summed E-state index contributed by atoms with van der Waals surface area (Å²) in [5, 5.41) is 0. The van der Waals surface area contributed by atoms with E-state index in [4.69, 9.17) is 14.2 Å². The molecule has 4 fully saturated rings. The third-order valence-electron chi connectivity index (χ3n) is 9.86. The highest BCUT2D eigenvalue weighted by Crippen LogP contribution is 2.67. The largest absolute Gasteiger partial charge is 0.463 e. The second-order valence-electron chi connectivity index (χ2n) is 11.1. The molecule has 29 heavy (non-hydrogen) atoms. The van der Waals surface area contributed by atoms with E-state index in [2.05, 4.69) is 26.8 Å². The summed E-state index contributed by atoms with van der Waals surface area (Å²) in [6, 6.07) is 0. The van der Waals surface area contributed by atoms with E-state index in [1.165, 1.54) is 44.1 Å². The lowest BCUT2D eigenvalue weighted by atomic mass is 9.44. The van der Waals surface area contributed by atoms with Gasteiger partial charge in [0, 0.05) is 6.92 Å². The molecule has 162 valence electrons. The van der Waals surface area contributed by atoms with Crippen LogP contribution in [0, 0.1) is 34.5 Å². The maximum absolute atomic E-state index is 11.5. The normalized spacial score (nSPS) is 48.3. The zero-order valence-electron chi connectivity index (χ0n) is 18.7. The van der Waals surface area contributed by atoms with Gasteiger partial charge in [-0.2, -0.15) is 0 Å². The van der Waals surface area contributed by atoms with Crippen LogP contribution in [-0.2, 0) is 19.0 Å². The molecule has 0 spiro atoms. The SMILES string of the molecule is CC(=O)O[C@H]1CC[C@@]2(C)[C@H](CC[C@@H]3[C@@H]2CC[C@]2(C)C(C4(C)OCCO4)=CC[C@@H]32)C1. The van der Waals surface area contributed by atoms with Crippen LogP contribution in [0.3, 0.4) is 0 Å². The average molecular weight is 403 g/mol. The van der Waals surface area contributed by atoms with Gasteiger partial charge in [-0.25, -0.2) is 0 Å². The molecule has 7 atom stereocenters. The highest BCUT2D eigenvalue weighted by Gasteiger charge is 2.61. The molecule has 1 aliphatic heterocycles. The molecule has 1 saturated heterocycles. The van der Waals surface area contributed by atoms with Gasteiger partial charge in [0.25, 0.3) is 0 Å². The Kier molecular flexibility index (Phi) is 4.71. The van der Waals surface area contributed by atoms with Crippen molar-refractivity contribution in [2.75, 3.05) is 13.2 Å². The van der Waals surface area contributed by atoms with E-state index in [9.17, 15) is 4.79 Å². The van der Waals surface area contributed by atoms with Crippen LogP contribution in [0.2, 0.25) is 0 Å². The smallest absolute Gasteiger partial charge is 0.302 e. The van der Waals surface area contributed by atoms with Crippen molar-refractivity contribution in [1.29, 1.82) is 0 Å². The van der Waals surface area contributed by atoms with Gasteiger partial charge in [-0.15, -0.1) is 0 Å². The molecule has 0 amide bonds. The maximum atomic E-state index is 11.5. The van der Waals surface area contributed by atoms with Gasteiger partial charge < -0.3 is 14.2 Å². The second kappa shape index (κ2) is 6.82. The van der Waals surface area contributed by atoms with Crippen molar-refractivity contribution >= 4 is 5.97 Å². The summed E-state index contributed by atoms with van der Waals surface area (Å²) in [6.07, 6.45) is 12.3. The molecule has 0 unspecified atom stereocenters. The van der Waals surface area contributed by atoms with Gasteiger partial charge in [-0.1, -0.05) is 19.9 Å². The average Bonchev–Trinajstić information content (AvgIpc) is 3.25. The standard InChI is InChI=1S/C25H38O4/c1-16(26)29-18-9-11-23(2)17(15-18)5-6-19-20-7-8-22(25(4)27-13-14-28-25)24(20,3)12-10-21(19)23/h8,17-21H,5-7,9-15H2,1-4H3/t17-,18+,19+,20+,21+,23+,24+/m1/s1. The van der Waals surface area contributed by atoms with E-state index in [1.807, 2.05) is 0 Å². The number of rotatable bonds is 2. The molecule has 0 bridgehead atoms. The number of hydrogen-bond donors (Lipinski definition) is 0. The number of ether oxygens (including phenoxy) is 3. The summed E-state index contributed by atoms with van der Waals surface area (Å²) in [7, 11) is 0. The molecule has 3 saturated carbocycles. The number of allylic oxidation sites excluding steroid dienone is 1. The number of carbonyl (C=O) groups is 1. The maximum Gasteiger partial charge on any atom is 0.302 e. The number of carbonyl (C=O) groups excluding carboxylic acids is 1. The molecule has 5 rings (SSSR count). The van der Waals surface area contributed by atoms with Crippen LogP contribution in [0.15, 0.2) is 11.6 Å². The summed E-state index contributed by atoms with van der Waals surface area (Å²) in [4.78, 5) is 11.5. The van der Waals surface area contributed by atoms with Gasteiger partial charge in [-0.05, 0) is 98.4 Å². The predicted octanol–water partition coefficient (Wildman–Crippen LogP) is 5.26. The van der Waals surface area contributed by atoms with E-state index >= 15 is 0 Å². The summed E-state index contributed by atoms with van der Waals surface area (Å²) in [5.74, 6) is 2.43. The summed E-state index contributed by atoms with van der Waals surface area (Å²) < 4.78 is 17.8. The van der Waals surface area contributed by atoms with Crippen LogP contribution in [0.25, 0.3) is 0 Å². The predicted molar refractivity (Wildman–Crippen MR) is 111 cm³/mol. The van der Waals surface area contributed by atoms with Gasteiger partial charge >= 0.3 is 5.97 Å². The van der Waals surface area contributed by atoms with Crippen molar-refractivity contribution < 1.29 is 19.0 Å². The minimum Gasteiger partial charge on any atom is -0.463 e. The summed E-state index contributed by atoms with van der Waals surface area (Å²) in [6.45, 7) is 10.2.